The van der Waals surface area contributed by atoms with Gasteiger partial charge in [-0.25, -0.2) is 0 Å². The molecular formula is C30H39N3O. The highest BCUT2D eigenvalue weighted by molar-refractivity contribution is 5.98. The molecule has 0 N–H and O–H groups in total. The molecule has 3 aromatic rings. The number of aromatic nitrogens is 1. The summed E-state index contributed by atoms with van der Waals surface area (Å²) >= 11 is 0. The highest BCUT2D eigenvalue weighted by atomic mass is 16.1. The standard InChI is InChI=1S/C30H39N3O/c1-24-28(29-12-7-8-13-30(29)33(24)19-9-18-31(2)3)15-14-27(34)22-25-16-20-32(21-17-25)23-26-10-5-4-6-11-26/h4-8,10-15,25H,9,16-23H2,1-3H3/b15-14+. The molecule has 1 aliphatic heterocycles. The van der Waals surface area contributed by atoms with Crippen molar-refractivity contribution in [1.29, 1.82) is 0 Å². The second kappa shape index (κ2) is 11.6. The van der Waals surface area contributed by atoms with Crippen molar-refractivity contribution in [1.82, 2.24) is 14.4 Å². The number of hydrogen-bond acceptors (Lipinski definition) is 3. The van der Waals surface area contributed by atoms with E-state index >= 15 is 0 Å². The van der Waals surface area contributed by atoms with Crippen molar-refractivity contribution >= 4 is 22.8 Å². The van der Waals surface area contributed by atoms with Gasteiger partial charge in [0.25, 0.3) is 0 Å². The molecule has 0 radical (unpaired) electrons. The molecule has 1 aromatic heterocycles. The van der Waals surface area contributed by atoms with Gasteiger partial charge in [0, 0.05) is 41.7 Å². The maximum absolute atomic E-state index is 12.8. The summed E-state index contributed by atoms with van der Waals surface area (Å²) < 4.78 is 2.41. The minimum Gasteiger partial charge on any atom is -0.344 e. The number of likely N-dealkylation sites (tertiary alicyclic amines) is 1. The largest absolute Gasteiger partial charge is 0.344 e. The van der Waals surface area contributed by atoms with E-state index in [-0.39, 0.29) is 5.78 Å². The van der Waals surface area contributed by atoms with Crippen LogP contribution in [0.1, 0.15) is 42.5 Å². The molecule has 180 valence electrons. The van der Waals surface area contributed by atoms with Crippen molar-refractivity contribution in [3.05, 3.63) is 77.5 Å². The maximum atomic E-state index is 12.8. The van der Waals surface area contributed by atoms with Crippen LogP contribution in [-0.2, 0) is 17.9 Å². The number of ketones is 1. The van der Waals surface area contributed by atoms with Gasteiger partial charge in [-0.05, 0) is 89.6 Å². The van der Waals surface area contributed by atoms with E-state index in [1.54, 1.807) is 0 Å². The number of fused-ring (bicyclic) bond motifs is 1. The van der Waals surface area contributed by atoms with E-state index in [9.17, 15) is 4.79 Å². The molecule has 4 nitrogen and oxygen atoms in total. The molecule has 0 spiro atoms. The summed E-state index contributed by atoms with van der Waals surface area (Å²) in [5.74, 6) is 0.753. The van der Waals surface area contributed by atoms with Gasteiger partial charge in [0.2, 0.25) is 0 Å². The first kappa shape index (κ1) is 24.4. The van der Waals surface area contributed by atoms with Crippen molar-refractivity contribution in [2.75, 3.05) is 33.7 Å². The number of rotatable bonds is 10. The van der Waals surface area contributed by atoms with Gasteiger partial charge in [-0.1, -0.05) is 48.5 Å². The van der Waals surface area contributed by atoms with E-state index in [4.69, 9.17) is 0 Å². The second-order valence-corrected chi connectivity index (χ2v) is 10.0. The Morgan fingerprint density at radius 2 is 1.74 bits per heavy atom. The number of carbonyl (C=O) groups excluding carboxylic acids is 1. The minimum atomic E-state index is 0.255. The van der Waals surface area contributed by atoms with Crippen LogP contribution in [0.3, 0.4) is 0 Å². The molecule has 1 fully saturated rings. The lowest BCUT2D eigenvalue weighted by molar-refractivity contribution is -0.115. The number of carbonyl (C=O) groups is 1. The number of benzene rings is 2. The summed E-state index contributed by atoms with van der Waals surface area (Å²) in [5.41, 5.74) is 5.07. The highest BCUT2D eigenvalue weighted by Crippen LogP contribution is 2.28. The molecule has 34 heavy (non-hydrogen) atoms. The molecule has 2 heterocycles. The minimum absolute atomic E-state index is 0.255. The number of para-hydroxylation sites is 1. The van der Waals surface area contributed by atoms with Crippen molar-refractivity contribution in [2.24, 2.45) is 5.92 Å². The van der Waals surface area contributed by atoms with Crippen LogP contribution in [0.25, 0.3) is 17.0 Å². The van der Waals surface area contributed by atoms with Gasteiger partial charge in [-0.15, -0.1) is 0 Å². The Morgan fingerprint density at radius 1 is 1.03 bits per heavy atom. The van der Waals surface area contributed by atoms with Crippen LogP contribution >= 0.6 is 0 Å². The van der Waals surface area contributed by atoms with Crippen molar-refractivity contribution < 1.29 is 4.79 Å². The van der Waals surface area contributed by atoms with Crippen molar-refractivity contribution in [2.45, 2.75) is 45.7 Å². The molecule has 0 atom stereocenters. The number of aryl methyl sites for hydroxylation is 1. The monoisotopic (exact) mass is 457 g/mol. The number of nitrogens with zero attached hydrogens (tertiary/aromatic N) is 3. The average Bonchev–Trinajstić information content (AvgIpc) is 3.10. The first-order valence-corrected chi connectivity index (χ1v) is 12.7. The maximum Gasteiger partial charge on any atom is 0.155 e. The molecule has 1 aliphatic rings. The fraction of sp³-hybridized carbons (Fsp3) is 0.433. The van der Waals surface area contributed by atoms with Crippen LogP contribution in [0.5, 0.6) is 0 Å². The summed E-state index contributed by atoms with van der Waals surface area (Å²) in [6.45, 7) is 7.42. The van der Waals surface area contributed by atoms with E-state index in [2.05, 4.69) is 96.1 Å². The molecule has 0 aliphatic carbocycles. The molecule has 0 saturated carbocycles. The highest BCUT2D eigenvalue weighted by Gasteiger charge is 2.21. The Hall–Kier alpha value is -2.69. The fourth-order valence-corrected chi connectivity index (χ4v) is 5.22. The molecule has 4 heteroatoms. The third-order valence-electron chi connectivity index (χ3n) is 7.15. The average molecular weight is 458 g/mol. The van der Waals surface area contributed by atoms with Crippen molar-refractivity contribution in [3.63, 3.8) is 0 Å². The third kappa shape index (κ3) is 6.25. The third-order valence-corrected chi connectivity index (χ3v) is 7.15. The predicted molar refractivity (Wildman–Crippen MR) is 143 cm³/mol. The molecule has 0 amide bonds. The first-order chi connectivity index (χ1) is 16.5. The quantitative estimate of drug-likeness (QED) is 0.361. The van der Waals surface area contributed by atoms with E-state index < -0.39 is 0 Å². The Labute approximate surface area is 204 Å². The van der Waals surface area contributed by atoms with Crippen LogP contribution in [-0.4, -0.2) is 53.9 Å². The molecule has 4 rings (SSSR count). The number of piperidine rings is 1. The van der Waals surface area contributed by atoms with Gasteiger partial charge in [0.1, 0.15) is 0 Å². The lowest BCUT2D eigenvalue weighted by Gasteiger charge is -2.31. The number of hydrogen-bond donors (Lipinski definition) is 0. The topological polar surface area (TPSA) is 28.5 Å². The smallest absolute Gasteiger partial charge is 0.155 e. The van der Waals surface area contributed by atoms with Gasteiger partial charge >= 0.3 is 0 Å². The summed E-state index contributed by atoms with van der Waals surface area (Å²) in [6.07, 6.45) is 7.88. The van der Waals surface area contributed by atoms with Crippen LogP contribution in [0.2, 0.25) is 0 Å². The Kier molecular flexibility index (Phi) is 8.36. The Bertz CT molecular complexity index is 1100. The van der Waals surface area contributed by atoms with Crippen molar-refractivity contribution in [3.8, 4) is 0 Å². The van der Waals surface area contributed by atoms with Gasteiger partial charge in [-0.3, -0.25) is 9.69 Å². The molecule has 0 bridgehead atoms. The fourth-order valence-electron chi connectivity index (χ4n) is 5.22. The molecular weight excluding hydrogens is 418 g/mol. The second-order valence-electron chi connectivity index (χ2n) is 10.0. The van der Waals surface area contributed by atoms with Gasteiger partial charge in [-0.2, -0.15) is 0 Å². The zero-order valence-corrected chi connectivity index (χ0v) is 21.0. The molecule has 2 aromatic carbocycles. The lowest BCUT2D eigenvalue weighted by atomic mass is 9.91. The Morgan fingerprint density at radius 3 is 2.47 bits per heavy atom. The van der Waals surface area contributed by atoms with Crippen LogP contribution in [0.15, 0.2) is 60.7 Å². The van der Waals surface area contributed by atoms with Crippen LogP contribution < -0.4 is 0 Å². The summed E-state index contributed by atoms with van der Waals surface area (Å²) in [6, 6.07) is 19.2. The zero-order valence-electron chi connectivity index (χ0n) is 21.0. The van der Waals surface area contributed by atoms with E-state index in [1.165, 1.54) is 27.7 Å². The molecule has 1 saturated heterocycles. The summed E-state index contributed by atoms with van der Waals surface area (Å²) in [7, 11) is 4.24. The predicted octanol–water partition coefficient (Wildman–Crippen LogP) is 5.79. The first-order valence-electron chi connectivity index (χ1n) is 12.7. The SMILES string of the molecule is Cc1c(/C=C/C(=O)CC2CCN(Cc3ccccc3)CC2)c2ccccc2n1CCCN(C)C. The number of allylic oxidation sites excluding steroid dienone is 1. The summed E-state index contributed by atoms with van der Waals surface area (Å²) in [4.78, 5) is 17.6. The zero-order chi connectivity index (χ0) is 23.9. The van der Waals surface area contributed by atoms with E-state index in [1.807, 2.05) is 6.08 Å². The lowest BCUT2D eigenvalue weighted by Crippen LogP contribution is -2.33. The Balaban J connectivity index is 1.35. The van der Waals surface area contributed by atoms with Gasteiger partial charge in [0.05, 0.1) is 0 Å². The summed E-state index contributed by atoms with van der Waals surface area (Å²) in [5, 5.41) is 1.24. The van der Waals surface area contributed by atoms with E-state index in [0.717, 1.165) is 52.0 Å². The van der Waals surface area contributed by atoms with Crippen LogP contribution in [0, 0.1) is 12.8 Å². The van der Waals surface area contributed by atoms with Gasteiger partial charge < -0.3 is 9.47 Å². The van der Waals surface area contributed by atoms with Gasteiger partial charge in [0.15, 0.2) is 5.78 Å². The normalized spacial score (nSPS) is 15.6. The van der Waals surface area contributed by atoms with E-state index in [0.29, 0.717) is 12.3 Å². The molecule has 0 unspecified atom stereocenters. The van der Waals surface area contributed by atoms with Crippen LogP contribution in [0.4, 0.5) is 0 Å².